The molecule has 1 N–H and O–H groups in total. The molecule has 3 fully saturated rings. The molecular formula is C32H36N2O3. The lowest BCUT2D eigenvalue weighted by Crippen LogP contribution is -2.56. The van der Waals surface area contributed by atoms with Crippen LogP contribution in [-0.4, -0.2) is 42.5 Å². The first-order chi connectivity index (χ1) is 18.0. The van der Waals surface area contributed by atoms with Crippen LogP contribution in [0.25, 0.3) is 10.8 Å². The summed E-state index contributed by atoms with van der Waals surface area (Å²) < 4.78 is 5.47. The summed E-state index contributed by atoms with van der Waals surface area (Å²) in [6, 6.07) is 22.3. The molecule has 3 unspecified atom stereocenters. The summed E-state index contributed by atoms with van der Waals surface area (Å²) in [6.45, 7) is 4.86. The number of amides is 1. The van der Waals surface area contributed by atoms with E-state index in [9.17, 15) is 9.59 Å². The molecule has 0 bridgehead atoms. The Morgan fingerprint density at radius 2 is 1.81 bits per heavy atom. The van der Waals surface area contributed by atoms with Gasteiger partial charge in [-0.1, -0.05) is 42.5 Å². The lowest BCUT2D eigenvalue weighted by Gasteiger charge is -2.53. The summed E-state index contributed by atoms with van der Waals surface area (Å²) in [4.78, 5) is 27.7. The van der Waals surface area contributed by atoms with E-state index < -0.39 is 0 Å². The molecule has 37 heavy (non-hydrogen) atoms. The predicted octanol–water partition coefficient (Wildman–Crippen LogP) is 5.72. The first-order valence-corrected chi connectivity index (χ1v) is 13.8. The third-order valence-corrected chi connectivity index (χ3v) is 8.84. The van der Waals surface area contributed by atoms with Crippen molar-refractivity contribution in [3.05, 3.63) is 77.9 Å². The zero-order valence-electron chi connectivity index (χ0n) is 21.6. The van der Waals surface area contributed by atoms with Gasteiger partial charge in [0.2, 0.25) is 0 Å². The zero-order chi connectivity index (χ0) is 25.4. The number of hydrogen-bond donors (Lipinski definition) is 1. The fourth-order valence-corrected chi connectivity index (χ4v) is 6.81. The number of likely N-dealkylation sites (tertiary alicyclic amines) is 1. The minimum Gasteiger partial charge on any atom is -0.427 e. The lowest BCUT2D eigenvalue weighted by molar-refractivity contribution is -0.131. The standard InChI is InChI=1S/C32H36N2O3/c1-22(35)37-30-8-4-7-27(18-30)32-15-16-34(20-23-9-10-23)21-28(32)13-14-29(19-32)33-31(36)26-12-11-24-5-2-3-6-25(24)17-26/h2-8,11-12,17-18,23,28-29H,9-10,13-16,19-21H2,1H3,(H,33,36). The minimum atomic E-state index is -0.297. The van der Waals surface area contributed by atoms with Gasteiger partial charge in [-0.2, -0.15) is 0 Å². The normalized spacial score (nSPS) is 25.9. The number of rotatable bonds is 6. The molecule has 6 rings (SSSR count). The van der Waals surface area contributed by atoms with Crippen molar-refractivity contribution in [2.45, 2.75) is 56.9 Å². The van der Waals surface area contributed by atoms with E-state index in [0.717, 1.165) is 55.5 Å². The largest absolute Gasteiger partial charge is 0.427 e. The van der Waals surface area contributed by atoms with Gasteiger partial charge in [0.25, 0.3) is 5.91 Å². The number of nitrogens with one attached hydrogen (secondary N) is 1. The number of carbonyl (C=O) groups excluding carboxylic acids is 2. The van der Waals surface area contributed by atoms with E-state index in [4.69, 9.17) is 4.74 Å². The molecule has 5 heteroatoms. The Morgan fingerprint density at radius 1 is 0.973 bits per heavy atom. The molecule has 0 aromatic heterocycles. The smallest absolute Gasteiger partial charge is 0.308 e. The van der Waals surface area contributed by atoms with Crippen LogP contribution >= 0.6 is 0 Å². The van der Waals surface area contributed by atoms with Crippen molar-refractivity contribution in [3.8, 4) is 5.75 Å². The van der Waals surface area contributed by atoms with Crippen molar-refractivity contribution in [2.24, 2.45) is 11.8 Å². The summed E-state index contributed by atoms with van der Waals surface area (Å²) >= 11 is 0. The Bertz CT molecular complexity index is 1320. The summed E-state index contributed by atoms with van der Waals surface area (Å²) in [6.07, 6.45) is 6.81. The van der Waals surface area contributed by atoms with Crippen molar-refractivity contribution in [3.63, 3.8) is 0 Å². The van der Waals surface area contributed by atoms with Crippen molar-refractivity contribution >= 4 is 22.6 Å². The van der Waals surface area contributed by atoms with E-state index >= 15 is 0 Å². The number of benzene rings is 3. The molecule has 1 saturated heterocycles. The van der Waals surface area contributed by atoms with E-state index in [0.29, 0.717) is 17.2 Å². The Kier molecular flexibility index (Phi) is 6.49. The van der Waals surface area contributed by atoms with Crippen LogP contribution in [0.4, 0.5) is 0 Å². The summed E-state index contributed by atoms with van der Waals surface area (Å²) in [5.74, 6) is 1.73. The maximum Gasteiger partial charge on any atom is 0.308 e. The van der Waals surface area contributed by atoms with Gasteiger partial charge < -0.3 is 15.0 Å². The second-order valence-corrected chi connectivity index (χ2v) is 11.4. The molecule has 3 aromatic rings. The minimum absolute atomic E-state index is 0.00388. The van der Waals surface area contributed by atoms with Gasteiger partial charge in [0.05, 0.1) is 0 Å². The molecule has 1 amide bonds. The highest BCUT2D eigenvalue weighted by Crippen LogP contribution is 2.50. The lowest BCUT2D eigenvalue weighted by atomic mass is 9.58. The average molecular weight is 497 g/mol. The molecule has 3 aliphatic rings. The molecule has 3 aromatic carbocycles. The maximum absolute atomic E-state index is 13.3. The Morgan fingerprint density at radius 3 is 2.62 bits per heavy atom. The van der Waals surface area contributed by atoms with Crippen LogP contribution in [0.5, 0.6) is 5.75 Å². The van der Waals surface area contributed by atoms with Gasteiger partial charge in [-0.3, -0.25) is 9.59 Å². The van der Waals surface area contributed by atoms with E-state index in [-0.39, 0.29) is 23.3 Å². The van der Waals surface area contributed by atoms with E-state index in [1.807, 2.05) is 42.5 Å². The summed E-state index contributed by atoms with van der Waals surface area (Å²) in [5.41, 5.74) is 1.92. The van der Waals surface area contributed by atoms with Crippen molar-refractivity contribution in [1.82, 2.24) is 10.2 Å². The van der Waals surface area contributed by atoms with Crippen LogP contribution in [0.2, 0.25) is 0 Å². The number of carbonyl (C=O) groups is 2. The van der Waals surface area contributed by atoms with Crippen molar-refractivity contribution in [2.75, 3.05) is 19.6 Å². The Balaban J connectivity index is 1.25. The highest BCUT2D eigenvalue weighted by atomic mass is 16.5. The fourth-order valence-electron chi connectivity index (χ4n) is 6.81. The van der Waals surface area contributed by atoms with Gasteiger partial charge in [0, 0.05) is 37.0 Å². The zero-order valence-corrected chi connectivity index (χ0v) is 21.6. The van der Waals surface area contributed by atoms with E-state index in [1.165, 1.54) is 31.9 Å². The molecule has 2 aliphatic carbocycles. The van der Waals surface area contributed by atoms with Gasteiger partial charge >= 0.3 is 5.97 Å². The van der Waals surface area contributed by atoms with Gasteiger partial charge in [-0.05, 0) is 97.5 Å². The molecule has 1 heterocycles. The first kappa shape index (κ1) is 24.2. The van der Waals surface area contributed by atoms with E-state index in [2.05, 4.69) is 34.5 Å². The molecule has 2 saturated carbocycles. The van der Waals surface area contributed by atoms with Gasteiger partial charge in [-0.15, -0.1) is 0 Å². The molecule has 0 radical (unpaired) electrons. The molecule has 192 valence electrons. The maximum atomic E-state index is 13.3. The number of ether oxygens (including phenoxy) is 1. The van der Waals surface area contributed by atoms with Crippen LogP contribution in [0.3, 0.4) is 0 Å². The number of hydrogen-bond acceptors (Lipinski definition) is 4. The molecule has 0 spiro atoms. The van der Waals surface area contributed by atoms with Crippen LogP contribution in [-0.2, 0) is 10.2 Å². The summed E-state index contributed by atoms with van der Waals surface area (Å²) in [7, 11) is 0. The highest BCUT2D eigenvalue weighted by Gasteiger charge is 2.48. The Labute approximate surface area is 219 Å². The third kappa shape index (κ3) is 5.15. The van der Waals surface area contributed by atoms with Crippen LogP contribution < -0.4 is 10.1 Å². The Hall–Kier alpha value is -3.18. The monoisotopic (exact) mass is 496 g/mol. The second kappa shape index (κ2) is 9.94. The highest BCUT2D eigenvalue weighted by molar-refractivity contribution is 5.98. The van der Waals surface area contributed by atoms with Crippen molar-refractivity contribution in [1.29, 1.82) is 0 Å². The third-order valence-electron chi connectivity index (χ3n) is 8.84. The van der Waals surface area contributed by atoms with Crippen LogP contribution in [0.15, 0.2) is 66.7 Å². The predicted molar refractivity (Wildman–Crippen MR) is 146 cm³/mol. The van der Waals surface area contributed by atoms with E-state index in [1.54, 1.807) is 0 Å². The number of piperidine rings is 1. The quantitative estimate of drug-likeness (QED) is 0.350. The number of nitrogens with zero attached hydrogens (tertiary/aromatic N) is 1. The van der Waals surface area contributed by atoms with Crippen LogP contribution in [0, 0.1) is 11.8 Å². The molecule has 3 atom stereocenters. The molecular weight excluding hydrogens is 460 g/mol. The first-order valence-electron chi connectivity index (χ1n) is 13.8. The van der Waals surface area contributed by atoms with Gasteiger partial charge in [-0.25, -0.2) is 0 Å². The van der Waals surface area contributed by atoms with Gasteiger partial charge in [0.1, 0.15) is 5.75 Å². The summed E-state index contributed by atoms with van der Waals surface area (Å²) in [5, 5.41) is 5.62. The topological polar surface area (TPSA) is 58.6 Å². The molecule has 1 aliphatic heterocycles. The average Bonchev–Trinajstić information content (AvgIpc) is 3.72. The fraction of sp³-hybridized carbons (Fsp3) is 0.438. The number of esters is 1. The van der Waals surface area contributed by atoms with Crippen molar-refractivity contribution < 1.29 is 14.3 Å². The molecule has 5 nitrogen and oxygen atoms in total. The van der Waals surface area contributed by atoms with Crippen LogP contribution in [0.1, 0.15) is 61.4 Å². The second-order valence-electron chi connectivity index (χ2n) is 11.4. The SMILES string of the molecule is CC(=O)Oc1cccc(C23CCN(CC4CC4)CC2CCC(NC(=O)c2ccc4ccccc4c2)C3)c1. The van der Waals surface area contributed by atoms with Gasteiger partial charge in [0.15, 0.2) is 0 Å². The number of fused-ring (bicyclic) bond motifs is 2.